The highest BCUT2D eigenvalue weighted by molar-refractivity contribution is 5.95. The molecule has 8 heteroatoms. The summed E-state index contributed by atoms with van der Waals surface area (Å²) in [5.74, 6) is -0.267. The molecular formula is C12H14F3NO4. The van der Waals surface area contributed by atoms with Gasteiger partial charge < -0.3 is 19.5 Å². The lowest BCUT2D eigenvalue weighted by atomic mass is 10.1. The van der Waals surface area contributed by atoms with E-state index in [1.165, 1.54) is 33.5 Å². The maximum absolute atomic E-state index is 12.1. The van der Waals surface area contributed by atoms with Crippen molar-refractivity contribution in [1.29, 1.82) is 0 Å². The number of hydrogen-bond acceptors (Lipinski definition) is 4. The average molecular weight is 293 g/mol. The third kappa shape index (κ3) is 3.94. The molecule has 0 bridgehead atoms. The molecule has 20 heavy (non-hydrogen) atoms. The number of alkyl halides is 3. The lowest BCUT2D eigenvalue weighted by molar-refractivity contribution is -0.123. The molecule has 0 saturated carbocycles. The Labute approximate surface area is 113 Å². The van der Waals surface area contributed by atoms with Gasteiger partial charge in [-0.1, -0.05) is 0 Å². The number of rotatable bonds is 5. The Morgan fingerprint density at radius 2 is 1.60 bits per heavy atom. The summed E-state index contributed by atoms with van der Waals surface area (Å²) in [7, 11) is 4.06. The van der Waals surface area contributed by atoms with Crippen molar-refractivity contribution in [3.63, 3.8) is 0 Å². The van der Waals surface area contributed by atoms with Crippen molar-refractivity contribution in [3.8, 4) is 17.2 Å². The molecule has 0 fully saturated rings. The Hall–Kier alpha value is -2.12. The quantitative estimate of drug-likeness (QED) is 0.902. The van der Waals surface area contributed by atoms with Crippen LogP contribution in [0, 0.1) is 0 Å². The highest BCUT2D eigenvalue weighted by atomic mass is 19.4. The molecule has 1 aromatic carbocycles. The minimum absolute atomic E-state index is 0.0243. The number of methoxy groups -OCH3 is 3. The number of nitrogens with one attached hydrogen (secondary N) is 1. The molecule has 0 aliphatic rings. The van der Waals surface area contributed by atoms with E-state index >= 15 is 0 Å². The Morgan fingerprint density at radius 1 is 1.10 bits per heavy atom. The van der Waals surface area contributed by atoms with Crippen LogP contribution in [-0.4, -0.2) is 40.0 Å². The SMILES string of the molecule is COc1cc(C(=O)NCC(F)(F)F)cc(OC)c1OC. The Balaban J connectivity index is 3.04. The zero-order chi connectivity index (χ0) is 15.3. The van der Waals surface area contributed by atoms with Gasteiger partial charge in [0.25, 0.3) is 5.91 Å². The molecule has 1 amide bonds. The molecule has 1 aromatic rings. The maximum Gasteiger partial charge on any atom is 0.405 e. The van der Waals surface area contributed by atoms with Gasteiger partial charge in [-0.2, -0.15) is 13.2 Å². The summed E-state index contributed by atoms with van der Waals surface area (Å²) in [6.07, 6.45) is -4.48. The predicted octanol–water partition coefficient (Wildman–Crippen LogP) is 2.00. The number of hydrogen-bond donors (Lipinski definition) is 1. The predicted molar refractivity (Wildman–Crippen MR) is 64.5 cm³/mol. The fraction of sp³-hybridized carbons (Fsp3) is 0.417. The van der Waals surface area contributed by atoms with Crippen LogP contribution in [0.2, 0.25) is 0 Å². The van der Waals surface area contributed by atoms with Crippen LogP contribution < -0.4 is 19.5 Å². The van der Waals surface area contributed by atoms with Crippen molar-refractivity contribution in [1.82, 2.24) is 5.32 Å². The molecule has 112 valence electrons. The molecule has 0 aromatic heterocycles. The van der Waals surface area contributed by atoms with Gasteiger partial charge in [0.2, 0.25) is 5.75 Å². The van der Waals surface area contributed by atoms with E-state index in [9.17, 15) is 18.0 Å². The molecule has 0 atom stereocenters. The average Bonchev–Trinajstić information content (AvgIpc) is 2.42. The number of benzene rings is 1. The molecule has 1 rings (SSSR count). The number of carbonyl (C=O) groups is 1. The first-order valence-corrected chi connectivity index (χ1v) is 5.47. The summed E-state index contributed by atoms with van der Waals surface area (Å²) >= 11 is 0. The molecular weight excluding hydrogens is 279 g/mol. The van der Waals surface area contributed by atoms with E-state index in [1.54, 1.807) is 5.32 Å². The van der Waals surface area contributed by atoms with Crippen LogP contribution >= 0.6 is 0 Å². The highest BCUT2D eigenvalue weighted by Gasteiger charge is 2.28. The smallest absolute Gasteiger partial charge is 0.405 e. The lowest BCUT2D eigenvalue weighted by Crippen LogP contribution is -2.33. The molecule has 0 heterocycles. The van der Waals surface area contributed by atoms with Crippen LogP contribution in [0.25, 0.3) is 0 Å². The second-order valence-corrected chi connectivity index (χ2v) is 3.71. The number of amides is 1. The first-order valence-electron chi connectivity index (χ1n) is 5.47. The van der Waals surface area contributed by atoms with E-state index in [2.05, 4.69) is 0 Å². The van der Waals surface area contributed by atoms with Crippen molar-refractivity contribution in [2.75, 3.05) is 27.9 Å². The van der Waals surface area contributed by atoms with Crippen molar-refractivity contribution in [2.45, 2.75) is 6.18 Å². The third-order valence-corrected chi connectivity index (χ3v) is 2.38. The Kier molecular flexibility index (Phi) is 5.06. The van der Waals surface area contributed by atoms with Gasteiger partial charge in [-0.25, -0.2) is 0 Å². The van der Waals surface area contributed by atoms with E-state index in [0.29, 0.717) is 0 Å². The van der Waals surface area contributed by atoms with E-state index in [0.717, 1.165) is 0 Å². The van der Waals surface area contributed by atoms with Gasteiger partial charge in [0.05, 0.1) is 21.3 Å². The van der Waals surface area contributed by atoms with Gasteiger partial charge in [0, 0.05) is 5.56 Å². The molecule has 0 saturated heterocycles. The van der Waals surface area contributed by atoms with Gasteiger partial charge in [0.15, 0.2) is 11.5 Å². The summed E-state index contributed by atoms with van der Waals surface area (Å²) in [5, 5.41) is 1.76. The van der Waals surface area contributed by atoms with Gasteiger partial charge in [-0.3, -0.25) is 4.79 Å². The summed E-state index contributed by atoms with van der Waals surface area (Å²) in [4.78, 5) is 11.7. The highest BCUT2D eigenvalue weighted by Crippen LogP contribution is 2.38. The maximum atomic E-state index is 12.1. The largest absolute Gasteiger partial charge is 0.493 e. The molecule has 1 N–H and O–H groups in total. The normalized spacial score (nSPS) is 10.9. The molecule has 0 unspecified atom stereocenters. The van der Waals surface area contributed by atoms with Gasteiger partial charge in [-0.15, -0.1) is 0 Å². The summed E-state index contributed by atoms with van der Waals surface area (Å²) in [6.45, 7) is -1.41. The van der Waals surface area contributed by atoms with E-state index in [1.807, 2.05) is 0 Å². The first-order chi connectivity index (χ1) is 9.32. The molecule has 0 radical (unpaired) electrons. The fourth-order valence-corrected chi connectivity index (χ4v) is 1.49. The van der Waals surface area contributed by atoms with Crippen molar-refractivity contribution in [3.05, 3.63) is 17.7 Å². The summed E-state index contributed by atoms with van der Waals surface area (Å²) < 4.78 is 51.2. The topological polar surface area (TPSA) is 56.8 Å². The van der Waals surface area contributed by atoms with Crippen molar-refractivity contribution < 1.29 is 32.2 Å². The summed E-state index contributed by atoms with van der Waals surface area (Å²) in [6, 6.07) is 2.54. The first kappa shape index (κ1) is 15.9. The van der Waals surface area contributed by atoms with Crippen LogP contribution in [0.3, 0.4) is 0 Å². The standard InChI is InChI=1S/C12H14F3NO4/c1-18-8-4-7(5-9(19-2)10(8)20-3)11(17)16-6-12(13,14)15/h4-5H,6H2,1-3H3,(H,16,17). The minimum atomic E-state index is -4.48. The minimum Gasteiger partial charge on any atom is -0.493 e. The second-order valence-electron chi connectivity index (χ2n) is 3.71. The van der Waals surface area contributed by atoms with Crippen LogP contribution in [0.1, 0.15) is 10.4 Å². The van der Waals surface area contributed by atoms with Gasteiger partial charge >= 0.3 is 6.18 Å². The third-order valence-electron chi connectivity index (χ3n) is 2.38. The lowest BCUT2D eigenvalue weighted by Gasteiger charge is -2.14. The van der Waals surface area contributed by atoms with Crippen molar-refractivity contribution >= 4 is 5.91 Å². The van der Waals surface area contributed by atoms with Crippen LogP contribution in [0.15, 0.2) is 12.1 Å². The van der Waals surface area contributed by atoms with Crippen LogP contribution in [-0.2, 0) is 0 Å². The molecule has 0 aliphatic carbocycles. The monoisotopic (exact) mass is 293 g/mol. The molecule has 0 aliphatic heterocycles. The second kappa shape index (κ2) is 6.36. The van der Waals surface area contributed by atoms with E-state index < -0.39 is 18.6 Å². The zero-order valence-electron chi connectivity index (χ0n) is 11.1. The van der Waals surface area contributed by atoms with Gasteiger partial charge in [-0.05, 0) is 12.1 Å². The zero-order valence-corrected chi connectivity index (χ0v) is 11.1. The molecule has 5 nitrogen and oxygen atoms in total. The summed E-state index contributed by atoms with van der Waals surface area (Å²) in [5.41, 5.74) is -0.0243. The fourth-order valence-electron chi connectivity index (χ4n) is 1.49. The van der Waals surface area contributed by atoms with Crippen LogP contribution in [0.5, 0.6) is 17.2 Å². The Morgan fingerprint density at radius 3 is 1.95 bits per heavy atom. The van der Waals surface area contributed by atoms with E-state index in [-0.39, 0.29) is 22.8 Å². The number of halogens is 3. The molecule has 0 spiro atoms. The Bertz CT molecular complexity index is 463. The van der Waals surface area contributed by atoms with Gasteiger partial charge in [0.1, 0.15) is 6.54 Å². The van der Waals surface area contributed by atoms with Crippen LogP contribution in [0.4, 0.5) is 13.2 Å². The van der Waals surface area contributed by atoms with E-state index in [4.69, 9.17) is 14.2 Å². The number of carbonyl (C=O) groups excluding carboxylic acids is 1. The number of ether oxygens (including phenoxy) is 3. The van der Waals surface area contributed by atoms with Crippen molar-refractivity contribution in [2.24, 2.45) is 0 Å².